The molecule has 0 aliphatic heterocycles. The monoisotopic (exact) mass is 244 g/mol. The fourth-order valence-corrected chi connectivity index (χ4v) is 1.61. The van der Waals surface area contributed by atoms with Crippen molar-refractivity contribution in [3.63, 3.8) is 0 Å². The van der Waals surface area contributed by atoms with Gasteiger partial charge in [0.25, 0.3) is 0 Å². The van der Waals surface area contributed by atoms with Crippen LogP contribution in [-0.4, -0.2) is 16.4 Å². The van der Waals surface area contributed by atoms with E-state index in [1.165, 1.54) is 18.2 Å². The van der Waals surface area contributed by atoms with Gasteiger partial charge in [0.1, 0.15) is 0 Å². The van der Waals surface area contributed by atoms with Crippen LogP contribution in [0.15, 0.2) is 48.5 Å². The molecule has 2 N–H and O–H groups in total. The predicted octanol–water partition coefficient (Wildman–Crippen LogP) is 1.30. The zero-order valence-corrected chi connectivity index (χ0v) is 9.28. The van der Waals surface area contributed by atoms with E-state index in [0.29, 0.717) is 0 Å². The molecule has 0 bridgehead atoms. The highest BCUT2D eigenvalue weighted by Crippen LogP contribution is 2.23. The van der Waals surface area contributed by atoms with Crippen LogP contribution in [0.25, 0.3) is 11.1 Å². The van der Waals surface area contributed by atoms with Crippen molar-refractivity contribution in [1.29, 1.82) is 0 Å². The number of aromatic carboxylic acids is 1. The van der Waals surface area contributed by atoms with E-state index in [-0.39, 0.29) is 16.5 Å². The fraction of sp³-hybridized carbons (Fsp3) is 0. The molecule has 0 radical (unpaired) electrons. The van der Waals surface area contributed by atoms with Gasteiger partial charge < -0.3 is 9.90 Å². The minimum Gasteiger partial charge on any atom is -0.545 e. The molecule has 0 saturated heterocycles. The lowest BCUT2D eigenvalue weighted by molar-refractivity contribution is -0.255. The lowest BCUT2D eigenvalue weighted by atomic mass is 10.0. The van der Waals surface area contributed by atoms with Gasteiger partial charge in [-0.2, -0.15) is 0 Å². The average molecular weight is 244 g/mol. The molecular formula is C13H10NO4-. The second kappa shape index (κ2) is 4.87. The van der Waals surface area contributed by atoms with Gasteiger partial charge in [-0.25, -0.2) is 0 Å². The van der Waals surface area contributed by atoms with Crippen LogP contribution in [0.4, 0.5) is 5.69 Å². The summed E-state index contributed by atoms with van der Waals surface area (Å²) in [4.78, 5) is 10.6. The third kappa shape index (κ3) is 2.48. The van der Waals surface area contributed by atoms with E-state index in [2.05, 4.69) is 0 Å². The number of hydrogen-bond donors (Lipinski definition) is 2. The van der Waals surface area contributed by atoms with Crippen LogP contribution in [0.2, 0.25) is 0 Å². The molecular weight excluding hydrogens is 234 g/mol. The number of anilines is 1. The van der Waals surface area contributed by atoms with Gasteiger partial charge in [-0.3, -0.25) is 10.4 Å². The molecule has 92 valence electrons. The first-order chi connectivity index (χ1) is 8.58. The highest BCUT2D eigenvalue weighted by Gasteiger charge is 2.03. The second-order valence-electron chi connectivity index (χ2n) is 3.70. The first-order valence-electron chi connectivity index (χ1n) is 5.17. The van der Waals surface area contributed by atoms with E-state index in [1.54, 1.807) is 30.3 Å². The zero-order chi connectivity index (χ0) is 13.1. The summed E-state index contributed by atoms with van der Waals surface area (Å²) in [5.74, 6) is -1.23. The summed E-state index contributed by atoms with van der Waals surface area (Å²) in [5.41, 5.74) is 1.83. The number of benzene rings is 2. The molecule has 18 heavy (non-hydrogen) atoms. The van der Waals surface area contributed by atoms with Gasteiger partial charge in [-0.1, -0.05) is 36.4 Å². The van der Waals surface area contributed by atoms with Crippen LogP contribution in [-0.2, 0) is 0 Å². The Morgan fingerprint density at radius 1 is 1.00 bits per heavy atom. The number of carbonyl (C=O) groups is 1. The topological polar surface area (TPSA) is 83.8 Å². The van der Waals surface area contributed by atoms with Crippen LogP contribution in [0.5, 0.6) is 0 Å². The molecule has 0 saturated carbocycles. The molecule has 0 atom stereocenters. The van der Waals surface area contributed by atoms with E-state index < -0.39 is 5.97 Å². The van der Waals surface area contributed by atoms with Crippen LogP contribution >= 0.6 is 0 Å². The summed E-state index contributed by atoms with van der Waals surface area (Å²) >= 11 is 0. The molecule has 2 aromatic rings. The molecule has 2 rings (SSSR count). The highest BCUT2D eigenvalue weighted by atomic mass is 16.8. The maximum absolute atomic E-state index is 10.6. The van der Waals surface area contributed by atoms with E-state index in [4.69, 9.17) is 10.4 Å². The smallest absolute Gasteiger partial charge is 0.0948 e. The Hall–Kier alpha value is -2.37. The van der Waals surface area contributed by atoms with Crippen LogP contribution in [0, 0.1) is 0 Å². The van der Waals surface area contributed by atoms with Crippen molar-refractivity contribution in [2.45, 2.75) is 0 Å². The quantitative estimate of drug-likeness (QED) is 0.795. The van der Waals surface area contributed by atoms with Gasteiger partial charge in [0.15, 0.2) is 0 Å². The van der Waals surface area contributed by atoms with Crippen molar-refractivity contribution >= 4 is 11.7 Å². The maximum Gasteiger partial charge on any atom is 0.0948 e. The van der Waals surface area contributed by atoms with Gasteiger partial charge in [-0.05, 0) is 28.8 Å². The zero-order valence-electron chi connectivity index (χ0n) is 9.28. The summed E-state index contributed by atoms with van der Waals surface area (Å²) in [5, 5.41) is 28.5. The van der Waals surface area contributed by atoms with E-state index >= 15 is 0 Å². The van der Waals surface area contributed by atoms with Crippen molar-refractivity contribution in [3.8, 4) is 11.1 Å². The summed E-state index contributed by atoms with van der Waals surface area (Å²) in [6.07, 6.45) is 0. The molecule has 0 aliphatic carbocycles. The molecule has 0 unspecified atom stereocenters. The summed E-state index contributed by atoms with van der Waals surface area (Å²) < 4.78 is 0. The van der Waals surface area contributed by atoms with Gasteiger partial charge >= 0.3 is 0 Å². The Labute approximate surface area is 103 Å². The van der Waals surface area contributed by atoms with E-state index in [9.17, 15) is 9.90 Å². The van der Waals surface area contributed by atoms with Crippen molar-refractivity contribution in [3.05, 3.63) is 54.1 Å². The van der Waals surface area contributed by atoms with Crippen molar-refractivity contribution in [2.24, 2.45) is 0 Å². The first-order valence-corrected chi connectivity index (χ1v) is 5.17. The Bertz CT molecular complexity index is 563. The minimum atomic E-state index is -1.23. The SMILES string of the molecule is O=C([O-])c1ccc(-c2cccc(N(O)O)c2)cc1. The largest absolute Gasteiger partial charge is 0.545 e. The molecule has 0 spiro atoms. The fourth-order valence-electron chi connectivity index (χ4n) is 1.61. The van der Waals surface area contributed by atoms with Crippen molar-refractivity contribution in [1.82, 2.24) is 0 Å². The molecule has 0 heterocycles. The minimum absolute atomic E-state index is 0.0268. The number of carboxylic acid groups (broad SMARTS) is 1. The number of nitrogens with zero attached hydrogens (tertiary/aromatic N) is 1. The normalized spacial score (nSPS) is 10.1. The third-order valence-electron chi connectivity index (χ3n) is 2.53. The number of carboxylic acids is 1. The lowest BCUT2D eigenvalue weighted by Crippen LogP contribution is -2.21. The predicted molar refractivity (Wildman–Crippen MR) is 62.3 cm³/mol. The van der Waals surface area contributed by atoms with Crippen LogP contribution in [0.3, 0.4) is 0 Å². The Morgan fingerprint density at radius 2 is 1.67 bits per heavy atom. The van der Waals surface area contributed by atoms with Crippen molar-refractivity contribution in [2.75, 3.05) is 5.23 Å². The average Bonchev–Trinajstić information content (AvgIpc) is 2.39. The molecule has 0 amide bonds. The first kappa shape index (κ1) is 12.1. The molecule has 0 fully saturated rings. The molecule has 5 nitrogen and oxygen atoms in total. The Balaban J connectivity index is 2.36. The summed E-state index contributed by atoms with van der Waals surface area (Å²) in [6, 6.07) is 12.7. The molecule has 5 heteroatoms. The Kier molecular flexibility index (Phi) is 3.27. The highest BCUT2D eigenvalue weighted by molar-refractivity contribution is 5.86. The number of rotatable bonds is 3. The third-order valence-corrected chi connectivity index (χ3v) is 2.53. The van der Waals surface area contributed by atoms with Crippen LogP contribution in [0.1, 0.15) is 10.4 Å². The van der Waals surface area contributed by atoms with E-state index in [0.717, 1.165) is 11.1 Å². The standard InChI is InChI=1S/C13H11NO4/c15-13(16)10-6-4-9(5-7-10)11-2-1-3-12(8-11)14(17)18/h1-8,17-18H,(H,15,16)/p-1. The molecule has 0 aliphatic rings. The van der Waals surface area contributed by atoms with E-state index in [1.807, 2.05) is 0 Å². The van der Waals surface area contributed by atoms with Gasteiger partial charge in [-0.15, -0.1) is 5.23 Å². The number of carbonyl (C=O) groups excluding carboxylic acids is 1. The van der Waals surface area contributed by atoms with Gasteiger partial charge in [0, 0.05) is 0 Å². The maximum atomic E-state index is 10.6. The lowest BCUT2D eigenvalue weighted by Gasteiger charge is -2.10. The summed E-state index contributed by atoms with van der Waals surface area (Å²) in [6.45, 7) is 0. The summed E-state index contributed by atoms with van der Waals surface area (Å²) in [7, 11) is 0. The van der Waals surface area contributed by atoms with Gasteiger partial charge in [0.2, 0.25) is 0 Å². The van der Waals surface area contributed by atoms with Crippen LogP contribution < -0.4 is 10.3 Å². The number of hydrogen-bond acceptors (Lipinski definition) is 5. The molecule has 2 aromatic carbocycles. The second-order valence-corrected chi connectivity index (χ2v) is 3.70. The van der Waals surface area contributed by atoms with Gasteiger partial charge in [0.05, 0.1) is 11.7 Å². The Morgan fingerprint density at radius 3 is 2.22 bits per heavy atom. The molecule has 0 aromatic heterocycles. The van der Waals surface area contributed by atoms with Crippen molar-refractivity contribution < 1.29 is 20.3 Å².